The van der Waals surface area contributed by atoms with E-state index in [1.165, 1.54) is 0 Å². The van der Waals surface area contributed by atoms with Crippen LogP contribution < -0.4 is 10.6 Å². The summed E-state index contributed by atoms with van der Waals surface area (Å²) in [5.41, 5.74) is 1.19. The Morgan fingerprint density at radius 3 is 2.57 bits per heavy atom. The maximum atomic E-state index is 11.4. The highest BCUT2D eigenvalue weighted by molar-refractivity contribution is 5.89. The number of aromatic nitrogens is 2. The molecule has 0 fully saturated rings. The van der Waals surface area contributed by atoms with Crippen LogP contribution in [0.4, 0.5) is 17.3 Å². The van der Waals surface area contributed by atoms with Crippen LogP contribution in [0.5, 0.6) is 0 Å². The minimum absolute atomic E-state index is 0.0812. The van der Waals surface area contributed by atoms with Crippen LogP contribution in [0, 0.1) is 11.3 Å². The van der Waals surface area contributed by atoms with E-state index in [1.807, 2.05) is 13.0 Å². The van der Waals surface area contributed by atoms with Crippen LogP contribution in [0.3, 0.4) is 0 Å². The Balaban J connectivity index is 2.06. The smallest absolute Gasteiger partial charge is 0.225 e. The average molecular weight is 281 g/mol. The van der Waals surface area contributed by atoms with Gasteiger partial charge in [0.2, 0.25) is 5.91 Å². The summed E-state index contributed by atoms with van der Waals surface area (Å²) in [6.07, 6.45) is 1.24. The van der Waals surface area contributed by atoms with Gasteiger partial charge in [0, 0.05) is 6.42 Å². The molecule has 0 aliphatic heterocycles. The normalized spacial score (nSPS) is 9.71. The Bertz CT molecular complexity index is 661. The van der Waals surface area contributed by atoms with Crippen molar-refractivity contribution >= 4 is 23.2 Å². The Morgan fingerprint density at radius 2 is 1.90 bits per heavy atom. The molecule has 1 aromatic carbocycles. The van der Waals surface area contributed by atoms with Gasteiger partial charge in [-0.3, -0.25) is 4.79 Å². The first kappa shape index (κ1) is 14.5. The lowest BCUT2D eigenvalue weighted by molar-refractivity contribution is -0.116. The Labute approximate surface area is 122 Å². The van der Waals surface area contributed by atoms with E-state index in [4.69, 9.17) is 5.26 Å². The minimum atomic E-state index is -0.0812. The van der Waals surface area contributed by atoms with Crippen molar-refractivity contribution in [2.45, 2.75) is 19.8 Å². The van der Waals surface area contributed by atoms with Crippen molar-refractivity contribution in [2.75, 3.05) is 10.6 Å². The summed E-state index contributed by atoms with van der Waals surface area (Å²) in [4.78, 5) is 11.4. The van der Waals surface area contributed by atoms with Crippen LogP contribution in [0.2, 0.25) is 0 Å². The molecule has 106 valence electrons. The lowest BCUT2D eigenvalue weighted by Gasteiger charge is -2.07. The predicted molar refractivity (Wildman–Crippen MR) is 80.0 cm³/mol. The third-order valence-electron chi connectivity index (χ3n) is 2.72. The highest BCUT2D eigenvalue weighted by atomic mass is 16.1. The third-order valence-corrected chi connectivity index (χ3v) is 2.72. The number of carbonyl (C=O) groups is 1. The van der Waals surface area contributed by atoms with Gasteiger partial charge in [-0.05, 0) is 30.7 Å². The van der Waals surface area contributed by atoms with Crippen molar-refractivity contribution < 1.29 is 4.79 Å². The standard InChI is InChI=1S/C15H15N5O/c1-2-5-15(21)18-14-9-8-13(19-20-14)17-12-7-4-3-6-11(12)10-16/h3-4,6-9H,2,5H2,1H3,(H,17,19)(H,18,20,21). The number of hydrogen-bond donors (Lipinski definition) is 2. The zero-order valence-corrected chi connectivity index (χ0v) is 11.6. The molecule has 2 aromatic rings. The number of hydrogen-bond acceptors (Lipinski definition) is 5. The summed E-state index contributed by atoms with van der Waals surface area (Å²) in [5, 5.41) is 22.6. The molecular weight excluding hydrogens is 266 g/mol. The fourth-order valence-corrected chi connectivity index (χ4v) is 1.73. The topological polar surface area (TPSA) is 90.7 Å². The van der Waals surface area contributed by atoms with Crippen LogP contribution in [-0.2, 0) is 4.79 Å². The summed E-state index contributed by atoms with van der Waals surface area (Å²) < 4.78 is 0. The molecule has 0 spiro atoms. The third kappa shape index (κ3) is 4.01. The second-order valence-electron chi connectivity index (χ2n) is 4.38. The van der Waals surface area contributed by atoms with Gasteiger partial charge in [-0.15, -0.1) is 10.2 Å². The molecule has 1 aromatic heterocycles. The molecule has 0 saturated heterocycles. The van der Waals surface area contributed by atoms with Crippen molar-refractivity contribution in [3.05, 3.63) is 42.0 Å². The molecule has 6 heteroatoms. The Kier molecular flexibility index (Phi) is 4.83. The highest BCUT2D eigenvalue weighted by Crippen LogP contribution is 2.18. The lowest BCUT2D eigenvalue weighted by Crippen LogP contribution is -2.12. The molecule has 0 saturated carbocycles. The van der Waals surface area contributed by atoms with E-state index in [1.54, 1.807) is 30.3 Å². The number of benzene rings is 1. The molecule has 0 bridgehead atoms. The van der Waals surface area contributed by atoms with E-state index < -0.39 is 0 Å². The molecule has 6 nitrogen and oxygen atoms in total. The average Bonchev–Trinajstić information content (AvgIpc) is 2.50. The molecule has 0 unspecified atom stereocenters. The van der Waals surface area contributed by atoms with Gasteiger partial charge in [0.05, 0.1) is 11.3 Å². The van der Waals surface area contributed by atoms with E-state index in [0.717, 1.165) is 6.42 Å². The molecule has 2 N–H and O–H groups in total. The zero-order valence-electron chi connectivity index (χ0n) is 11.6. The van der Waals surface area contributed by atoms with Gasteiger partial charge in [-0.2, -0.15) is 5.26 Å². The minimum Gasteiger partial charge on any atom is -0.338 e. The number of amides is 1. The van der Waals surface area contributed by atoms with Crippen LogP contribution in [0.25, 0.3) is 0 Å². The summed E-state index contributed by atoms with van der Waals surface area (Å²) in [6, 6.07) is 12.6. The Hall–Kier alpha value is -2.94. The van der Waals surface area contributed by atoms with Gasteiger partial charge in [0.15, 0.2) is 11.6 Å². The quantitative estimate of drug-likeness (QED) is 0.879. The van der Waals surface area contributed by atoms with Crippen molar-refractivity contribution in [3.8, 4) is 6.07 Å². The predicted octanol–water partition coefficient (Wildman–Crippen LogP) is 2.83. The first-order valence-electron chi connectivity index (χ1n) is 6.62. The van der Waals surface area contributed by atoms with Crippen molar-refractivity contribution in [2.24, 2.45) is 0 Å². The van der Waals surface area contributed by atoms with Crippen molar-refractivity contribution in [1.29, 1.82) is 5.26 Å². The molecule has 0 radical (unpaired) electrons. The molecule has 2 rings (SSSR count). The summed E-state index contributed by atoms with van der Waals surface area (Å²) in [7, 11) is 0. The maximum absolute atomic E-state index is 11.4. The van der Waals surface area contributed by atoms with Crippen molar-refractivity contribution in [3.63, 3.8) is 0 Å². The molecule has 21 heavy (non-hydrogen) atoms. The number of para-hydroxylation sites is 1. The highest BCUT2D eigenvalue weighted by Gasteiger charge is 2.05. The second-order valence-corrected chi connectivity index (χ2v) is 4.38. The molecule has 0 atom stereocenters. The van der Waals surface area contributed by atoms with E-state index in [-0.39, 0.29) is 5.91 Å². The van der Waals surface area contributed by atoms with Crippen molar-refractivity contribution in [1.82, 2.24) is 10.2 Å². The molecule has 1 amide bonds. The van der Waals surface area contributed by atoms with Crippen LogP contribution in [0.15, 0.2) is 36.4 Å². The number of nitrogens with zero attached hydrogens (tertiary/aromatic N) is 3. The van der Waals surface area contributed by atoms with E-state index in [2.05, 4.69) is 26.9 Å². The first-order chi connectivity index (χ1) is 10.2. The number of nitrogens with one attached hydrogen (secondary N) is 2. The molecule has 0 aliphatic rings. The van der Waals surface area contributed by atoms with E-state index >= 15 is 0 Å². The van der Waals surface area contributed by atoms with Gasteiger partial charge >= 0.3 is 0 Å². The number of rotatable bonds is 5. The van der Waals surface area contributed by atoms with Gasteiger partial charge in [-0.25, -0.2) is 0 Å². The number of anilines is 3. The fourth-order valence-electron chi connectivity index (χ4n) is 1.73. The van der Waals surface area contributed by atoms with Crippen LogP contribution in [0.1, 0.15) is 25.3 Å². The van der Waals surface area contributed by atoms with Gasteiger partial charge in [0.1, 0.15) is 6.07 Å². The molecule has 1 heterocycles. The van der Waals surface area contributed by atoms with Crippen LogP contribution >= 0.6 is 0 Å². The fraction of sp³-hybridized carbons (Fsp3) is 0.200. The van der Waals surface area contributed by atoms with Gasteiger partial charge in [0.25, 0.3) is 0 Å². The monoisotopic (exact) mass is 281 g/mol. The largest absolute Gasteiger partial charge is 0.338 e. The summed E-state index contributed by atoms with van der Waals surface area (Å²) in [6.45, 7) is 1.94. The zero-order chi connectivity index (χ0) is 15.1. The SMILES string of the molecule is CCCC(=O)Nc1ccc(Nc2ccccc2C#N)nn1. The number of nitriles is 1. The Morgan fingerprint density at radius 1 is 1.19 bits per heavy atom. The summed E-state index contributed by atoms with van der Waals surface area (Å²) in [5.74, 6) is 0.834. The molecular formula is C15H15N5O. The van der Waals surface area contributed by atoms with E-state index in [0.29, 0.717) is 29.3 Å². The first-order valence-corrected chi connectivity index (χ1v) is 6.62. The lowest BCUT2D eigenvalue weighted by atomic mass is 10.2. The van der Waals surface area contributed by atoms with Gasteiger partial charge < -0.3 is 10.6 Å². The van der Waals surface area contributed by atoms with Crippen LogP contribution in [-0.4, -0.2) is 16.1 Å². The van der Waals surface area contributed by atoms with Gasteiger partial charge in [-0.1, -0.05) is 19.1 Å². The maximum Gasteiger partial charge on any atom is 0.225 e. The molecule has 0 aliphatic carbocycles. The number of carbonyl (C=O) groups excluding carboxylic acids is 1. The summed E-state index contributed by atoms with van der Waals surface area (Å²) >= 11 is 0. The second kappa shape index (κ2) is 7.01. The van der Waals surface area contributed by atoms with E-state index in [9.17, 15) is 4.79 Å².